The van der Waals surface area contributed by atoms with Crippen LogP contribution in [0.25, 0.3) is 16.8 Å². The van der Waals surface area contributed by atoms with Crippen LogP contribution in [0.5, 0.6) is 0 Å². The molecule has 1 N–H and O–H groups in total. The molecule has 1 aromatic carbocycles. The Kier molecular flexibility index (Phi) is 4.01. The first-order chi connectivity index (χ1) is 10.8. The normalized spacial score (nSPS) is 13.6. The number of ether oxygens (including phenoxy) is 1. The number of aromatic amines is 1. The summed E-state index contributed by atoms with van der Waals surface area (Å²) in [6.45, 7) is 0. The van der Waals surface area contributed by atoms with Gasteiger partial charge in [0.05, 0.1) is 24.1 Å². The van der Waals surface area contributed by atoms with Crippen molar-refractivity contribution < 1.29 is 9.53 Å². The maximum Gasteiger partial charge on any atom is 0.337 e. The minimum atomic E-state index is -0.350. The van der Waals surface area contributed by atoms with E-state index < -0.39 is 0 Å². The molecule has 0 saturated heterocycles. The molecule has 1 aliphatic carbocycles. The van der Waals surface area contributed by atoms with Crippen LogP contribution in [0.4, 0.5) is 0 Å². The molecule has 0 radical (unpaired) electrons. The molecule has 0 unspecified atom stereocenters. The van der Waals surface area contributed by atoms with Gasteiger partial charge in [0.1, 0.15) is 0 Å². The molecule has 4 heteroatoms. The summed E-state index contributed by atoms with van der Waals surface area (Å²) in [7, 11) is 1.38. The fourth-order valence-corrected chi connectivity index (χ4v) is 2.30. The molecule has 0 spiro atoms. The fourth-order valence-electron chi connectivity index (χ4n) is 2.30. The number of nitrogens with one attached hydrogen (secondary N) is 1. The third-order valence-electron chi connectivity index (χ3n) is 3.45. The summed E-state index contributed by atoms with van der Waals surface area (Å²) < 4.78 is 4.75. The van der Waals surface area contributed by atoms with Gasteiger partial charge in [0.15, 0.2) is 0 Å². The van der Waals surface area contributed by atoms with Crippen LogP contribution in [-0.2, 0) is 4.74 Å². The van der Waals surface area contributed by atoms with E-state index in [4.69, 9.17) is 4.74 Å². The van der Waals surface area contributed by atoms with Crippen molar-refractivity contribution in [3.8, 4) is 11.3 Å². The average Bonchev–Trinajstić information content (AvgIpc) is 2.90. The van der Waals surface area contributed by atoms with Crippen molar-refractivity contribution >= 4 is 11.5 Å². The molecule has 0 fully saturated rings. The van der Waals surface area contributed by atoms with E-state index >= 15 is 0 Å². The molecule has 0 bridgehead atoms. The molecule has 0 aliphatic heterocycles. The summed E-state index contributed by atoms with van der Waals surface area (Å²) in [5, 5.41) is 7.39. The van der Waals surface area contributed by atoms with Crippen molar-refractivity contribution in [2.24, 2.45) is 0 Å². The van der Waals surface area contributed by atoms with E-state index in [9.17, 15) is 4.79 Å². The van der Waals surface area contributed by atoms with Gasteiger partial charge in [0.25, 0.3) is 0 Å². The molecular formula is C18H16N2O2. The molecular weight excluding hydrogens is 276 g/mol. The number of aromatic nitrogens is 2. The molecule has 1 aromatic heterocycles. The van der Waals surface area contributed by atoms with Crippen LogP contribution in [-0.4, -0.2) is 23.3 Å². The Labute approximate surface area is 128 Å². The Hall–Kier alpha value is -2.88. The highest BCUT2D eigenvalue weighted by atomic mass is 16.5. The van der Waals surface area contributed by atoms with Crippen molar-refractivity contribution in [3.05, 3.63) is 72.0 Å². The van der Waals surface area contributed by atoms with Gasteiger partial charge in [-0.25, -0.2) is 4.79 Å². The third kappa shape index (κ3) is 2.91. The lowest BCUT2D eigenvalue weighted by Crippen LogP contribution is -2.00. The van der Waals surface area contributed by atoms with Gasteiger partial charge in [0.2, 0.25) is 0 Å². The van der Waals surface area contributed by atoms with E-state index in [1.807, 2.05) is 30.4 Å². The van der Waals surface area contributed by atoms with Gasteiger partial charge in [-0.05, 0) is 30.2 Å². The number of carbonyl (C=O) groups excluding carboxylic acids is 1. The summed E-state index contributed by atoms with van der Waals surface area (Å²) in [5.74, 6) is -0.350. The van der Waals surface area contributed by atoms with Crippen molar-refractivity contribution in [2.75, 3.05) is 7.11 Å². The molecule has 0 atom stereocenters. The SMILES string of the molecule is COC(=O)c1cccc(-c2cc(C3=CC=CCC=C3)[nH]n2)c1. The minimum absolute atomic E-state index is 0.350. The molecule has 0 saturated carbocycles. The van der Waals surface area contributed by atoms with Crippen molar-refractivity contribution in [1.29, 1.82) is 0 Å². The predicted molar refractivity (Wildman–Crippen MR) is 86.2 cm³/mol. The number of rotatable bonds is 3. The fraction of sp³-hybridized carbons (Fsp3) is 0.111. The second-order valence-electron chi connectivity index (χ2n) is 4.93. The number of H-pyrrole nitrogens is 1. The van der Waals surface area contributed by atoms with E-state index in [-0.39, 0.29) is 5.97 Å². The lowest BCUT2D eigenvalue weighted by Gasteiger charge is -2.01. The summed E-state index contributed by atoms with van der Waals surface area (Å²) in [4.78, 5) is 11.6. The van der Waals surface area contributed by atoms with Gasteiger partial charge in [0, 0.05) is 5.56 Å². The minimum Gasteiger partial charge on any atom is -0.465 e. The number of hydrogen-bond acceptors (Lipinski definition) is 3. The number of allylic oxidation sites excluding steroid dienone is 6. The van der Waals surface area contributed by atoms with E-state index in [1.165, 1.54) is 7.11 Å². The van der Waals surface area contributed by atoms with Gasteiger partial charge in [-0.1, -0.05) is 42.5 Å². The van der Waals surface area contributed by atoms with Crippen LogP contribution in [0.3, 0.4) is 0 Å². The Bertz CT molecular complexity index is 782. The first-order valence-electron chi connectivity index (χ1n) is 7.06. The predicted octanol–water partition coefficient (Wildman–Crippen LogP) is 3.76. The lowest BCUT2D eigenvalue weighted by atomic mass is 10.1. The molecule has 1 heterocycles. The van der Waals surface area contributed by atoms with Gasteiger partial charge in [-0.3, -0.25) is 5.10 Å². The monoisotopic (exact) mass is 292 g/mol. The van der Waals surface area contributed by atoms with Gasteiger partial charge in [-0.2, -0.15) is 5.10 Å². The number of hydrogen-bond donors (Lipinski definition) is 1. The largest absolute Gasteiger partial charge is 0.465 e. The lowest BCUT2D eigenvalue weighted by molar-refractivity contribution is 0.0601. The van der Waals surface area contributed by atoms with Gasteiger partial charge < -0.3 is 4.74 Å². The number of nitrogens with zero attached hydrogens (tertiary/aromatic N) is 1. The van der Waals surface area contributed by atoms with E-state index in [0.29, 0.717) is 5.56 Å². The average molecular weight is 292 g/mol. The van der Waals surface area contributed by atoms with Gasteiger partial charge >= 0.3 is 5.97 Å². The number of esters is 1. The zero-order valence-electron chi connectivity index (χ0n) is 12.2. The second kappa shape index (κ2) is 6.26. The summed E-state index contributed by atoms with van der Waals surface area (Å²) in [6.07, 6.45) is 11.3. The summed E-state index contributed by atoms with van der Waals surface area (Å²) in [5.41, 5.74) is 4.21. The Balaban J connectivity index is 1.92. The quantitative estimate of drug-likeness (QED) is 0.876. The maximum atomic E-state index is 11.6. The highest BCUT2D eigenvalue weighted by Crippen LogP contribution is 2.24. The molecule has 4 nitrogen and oxygen atoms in total. The summed E-state index contributed by atoms with van der Waals surface area (Å²) in [6, 6.07) is 9.23. The van der Waals surface area contributed by atoms with Crippen LogP contribution in [0.2, 0.25) is 0 Å². The number of benzene rings is 1. The van der Waals surface area contributed by atoms with Crippen LogP contribution in [0.1, 0.15) is 22.5 Å². The first-order valence-corrected chi connectivity index (χ1v) is 7.06. The van der Waals surface area contributed by atoms with Crippen LogP contribution < -0.4 is 0 Å². The summed E-state index contributed by atoms with van der Waals surface area (Å²) >= 11 is 0. The second-order valence-corrected chi connectivity index (χ2v) is 4.93. The molecule has 0 amide bonds. The zero-order chi connectivity index (χ0) is 15.4. The van der Waals surface area contributed by atoms with Crippen molar-refractivity contribution in [3.63, 3.8) is 0 Å². The highest BCUT2D eigenvalue weighted by Gasteiger charge is 2.10. The smallest absolute Gasteiger partial charge is 0.337 e. The third-order valence-corrected chi connectivity index (χ3v) is 3.45. The van der Waals surface area contributed by atoms with E-state index in [1.54, 1.807) is 12.1 Å². The Morgan fingerprint density at radius 3 is 3.05 bits per heavy atom. The van der Waals surface area contributed by atoms with Crippen molar-refractivity contribution in [1.82, 2.24) is 10.2 Å². The molecule has 110 valence electrons. The zero-order valence-corrected chi connectivity index (χ0v) is 12.2. The molecule has 1 aliphatic rings. The van der Waals surface area contributed by atoms with Gasteiger partial charge in [-0.15, -0.1) is 0 Å². The molecule has 22 heavy (non-hydrogen) atoms. The molecule has 2 aromatic rings. The number of carbonyl (C=O) groups is 1. The highest BCUT2D eigenvalue weighted by molar-refractivity contribution is 5.90. The van der Waals surface area contributed by atoms with Crippen LogP contribution in [0, 0.1) is 0 Å². The van der Waals surface area contributed by atoms with E-state index in [2.05, 4.69) is 28.4 Å². The number of methoxy groups -OCH3 is 1. The van der Waals surface area contributed by atoms with E-state index in [0.717, 1.165) is 28.9 Å². The Morgan fingerprint density at radius 1 is 1.27 bits per heavy atom. The standard InChI is InChI=1S/C18H16N2O2/c1-22-18(21)15-10-6-9-14(11-15)17-12-16(19-20-17)13-7-4-2-3-5-8-13/h2,4-12H,3H2,1H3,(H,19,20). The Morgan fingerprint density at radius 2 is 2.18 bits per heavy atom. The first kappa shape index (κ1) is 14.1. The topological polar surface area (TPSA) is 55.0 Å². The maximum absolute atomic E-state index is 11.6. The molecule has 3 rings (SSSR count). The van der Waals surface area contributed by atoms with Crippen LogP contribution >= 0.6 is 0 Å². The van der Waals surface area contributed by atoms with Crippen LogP contribution in [0.15, 0.2) is 60.7 Å². The van der Waals surface area contributed by atoms with Crippen molar-refractivity contribution in [2.45, 2.75) is 6.42 Å².